The number of hydrogen-bond donors (Lipinski definition) is 2. The number of nitrogens with one attached hydrogen (secondary N) is 2. The van der Waals surface area contributed by atoms with Crippen molar-refractivity contribution < 1.29 is 14.3 Å². The average molecular weight is 319 g/mol. The third-order valence-corrected chi connectivity index (χ3v) is 4.11. The molecule has 2 rings (SSSR count). The molecule has 0 saturated carbocycles. The van der Waals surface area contributed by atoms with E-state index in [4.69, 9.17) is 4.74 Å². The van der Waals surface area contributed by atoms with Gasteiger partial charge >= 0.3 is 0 Å². The van der Waals surface area contributed by atoms with Gasteiger partial charge in [-0.15, -0.1) is 0 Å². The van der Waals surface area contributed by atoms with E-state index in [0.29, 0.717) is 23.0 Å². The fraction of sp³-hybridized carbons (Fsp3) is 0.529. The van der Waals surface area contributed by atoms with Crippen molar-refractivity contribution in [2.75, 3.05) is 33.1 Å². The van der Waals surface area contributed by atoms with Crippen molar-refractivity contribution in [3.63, 3.8) is 0 Å². The summed E-state index contributed by atoms with van der Waals surface area (Å²) in [5, 5.41) is 6.27. The molecule has 0 aromatic heterocycles. The Hall–Kier alpha value is -2.08. The number of carbonyl (C=O) groups is 2. The normalized spacial score (nSPS) is 20.7. The molecule has 6 nitrogen and oxygen atoms in total. The molecule has 0 bridgehead atoms. The molecule has 2 N–H and O–H groups in total. The van der Waals surface area contributed by atoms with E-state index in [1.54, 1.807) is 32.3 Å². The average Bonchev–Trinajstić information content (AvgIpc) is 2.54. The van der Waals surface area contributed by atoms with Crippen LogP contribution in [0.3, 0.4) is 0 Å². The Morgan fingerprint density at radius 3 is 2.70 bits per heavy atom. The fourth-order valence-electron chi connectivity index (χ4n) is 2.79. The second-order valence-corrected chi connectivity index (χ2v) is 6.18. The van der Waals surface area contributed by atoms with Crippen LogP contribution in [0.15, 0.2) is 18.2 Å². The predicted octanol–water partition coefficient (Wildman–Crippen LogP) is 1.72. The van der Waals surface area contributed by atoms with Gasteiger partial charge < -0.3 is 20.3 Å². The molecule has 2 atom stereocenters. The minimum atomic E-state index is -0.103. The summed E-state index contributed by atoms with van der Waals surface area (Å²) in [6.07, 6.45) is 1.65. The maximum Gasteiger partial charge on any atom is 0.253 e. The summed E-state index contributed by atoms with van der Waals surface area (Å²) in [6, 6.07) is 5.42. The summed E-state index contributed by atoms with van der Waals surface area (Å²) in [6.45, 7) is 2.94. The molecule has 0 aliphatic carbocycles. The molecule has 2 amide bonds. The Morgan fingerprint density at radius 2 is 2.09 bits per heavy atom. The minimum absolute atomic E-state index is 0.000889. The molecule has 1 saturated heterocycles. The SMILES string of the molecule is COc1cc(C(=O)N(C)C)ccc1NC(=O)[C@H]1CCN[C@@H](C)C1. The number of rotatable bonds is 4. The van der Waals surface area contributed by atoms with Crippen LogP contribution < -0.4 is 15.4 Å². The van der Waals surface area contributed by atoms with E-state index in [2.05, 4.69) is 17.6 Å². The van der Waals surface area contributed by atoms with Gasteiger partial charge in [-0.3, -0.25) is 9.59 Å². The Labute approximate surface area is 137 Å². The largest absolute Gasteiger partial charge is 0.495 e. The Morgan fingerprint density at radius 1 is 1.35 bits per heavy atom. The van der Waals surface area contributed by atoms with Gasteiger partial charge in [0.15, 0.2) is 0 Å². The van der Waals surface area contributed by atoms with Gasteiger partial charge in [0, 0.05) is 31.6 Å². The lowest BCUT2D eigenvalue weighted by Gasteiger charge is -2.27. The Bertz CT molecular complexity index is 586. The molecule has 1 aliphatic heterocycles. The number of anilines is 1. The van der Waals surface area contributed by atoms with Crippen LogP contribution in [-0.4, -0.2) is 50.5 Å². The first-order valence-corrected chi connectivity index (χ1v) is 7.86. The molecular formula is C17H25N3O3. The van der Waals surface area contributed by atoms with E-state index in [1.807, 2.05) is 0 Å². The maximum absolute atomic E-state index is 12.4. The number of benzene rings is 1. The number of amides is 2. The molecule has 1 aliphatic rings. The van der Waals surface area contributed by atoms with Gasteiger partial charge in [0.25, 0.3) is 5.91 Å². The van der Waals surface area contributed by atoms with Gasteiger partial charge in [-0.1, -0.05) is 0 Å². The zero-order valence-electron chi connectivity index (χ0n) is 14.2. The molecular weight excluding hydrogens is 294 g/mol. The van der Waals surface area contributed by atoms with Crippen LogP contribution in [0.5, 0.6) is 5.75 Å². The van der Waals surface area contributed by atoms with Gasteiger partial charge in [0.2, 0.25) is 5.91 Å². The van der Waals surface area contributed by atoms with Crippen LogP contribution >= 0.6 is 0 Å². The van der Waals surface area contributed by atoms with Crippen LogP contribution in [0.2, 0.25) is 0 Å². The molecule has 1 heterocycles. The molecule has 23 heavy (non-hydrogen) atoms. The smallest absolute Gasteiger partial charge is 0.253 e. The number of methoxy groups -OCH3 is 1. The molecule has 1 aromatic carbocycles. The van der Waals surface area contributed by atoms with Crippen molar-refractivity contribution >= 4 is 17.5 Å². The molecule has 1 aromatic rings. The maximum atomic E-state index is 12.4. The van der Waals surface area contributed by atoms with Crippen LogP contribution in [0.4, 0.5) is 5.69 Å². The second kappa shape index (κ2) is 7.46. The topological polar surface area (TPSA) is 70.7 Å². The van der Waals surface area contributed by atoms with Crippen molar-refractivity contribution in [2.24, 2.45) is 5.92 Å². The molecule has 126 valence electrons. The molecule has 0 radical (unpaired) electrons. The van der Waals surface area contributed by atoms with Gasteiger partial charge in [0.05, 0.1) is 12.8 Å². The van der Waals surface area contributed by atoms with Gasteiger partial charge in [0.1, 0.15) is 5.75 Å². The number of nitrogens with zero attached hydrogens (tertiary/aromatic N) is 1. The summed E-state index contributed by atoms with van der Waals surface area (Å²) >= 11 is 0. The van der Waals surface area contributed by atoms with E-state index in [9.17, 15) is 9.59 Å². The fourth-order valence-corrected chi connectivity index (χ4v) is 2.79. The van der Waals surface area contributed by atoms with Gasteiger partial charge in [-0.25, -0.2) is 0 Å². The van der Waals surface area contributed by atoms with Gasteiger partial charge in [-0.2, -0.15) is 0 Å². The number of ether oxygens (including phenoxy) is 1. The first-order valence-electron chi connectivity index (χ1n) is 7.86. The van der Waals surface area contributed by atoms with Crippen molar-refractivity contribution in [1.29, 1.82) is 0 Å². The van der Waals surface area contributed by atoms with Crippen molar-refractivity contribution in [3.05, 3.63) is 23.8 Å². The Balaban J connectivity index is 2.13. The van der Waals surface area contributed by atoms with Crippen LogP contribution in [0.25, 0.3) is 0 Å². The van der Waals surface area contributed by atoms with E-state index in [0.717, 1.165) is 19.4 Å². The number of piperidine rings is 1. The standard InChI is InChI=1S/C17H25N3O3/c1-11-9-12(7-8-18-11)16(21)19-14-6-5-13(10-15(14)23-4)17(22)20(2)3/h5-6,10-12,18H,7-9H2,1-4H3,(H,19,21)/t11-,12-/m0/s1. The minimum Gasteiger partial charge on any atom is -0.495 e. The zero-order valence-corrected chi connectivity index (χ0v) is 14.2. The van der Waals surface area contributed by atoms with E-state index >= 15 is 0 Å². The summed E-state index contributed by atoms with van der Waals surface area (Å²) in [4.78, 5) is 25.9. The zero-order chi connectivity index (χ0) is 17.0. The highest BCUT2D eigenvalue weighted by Gasteiger charge is 2.25. The van der Waals surface area contributed by atoms with Crippen LogP contribution in [0, 0.1) is 5.92 Å². The van der Waals surface area contributed by atoms with Crippen molar-refractivity contribution in [3.8, 4) is 5.75 Å². The highest BCUT2D eigenvalue weighted by Crippen LogP contribution is 2.27. The van der Waals surface area contributed by atoms with E-state index in [-0.39, 0.29) is 17.7 Å². The third-order valence-electron chi connectivity index (χ3n) is 4.11. The van der Waals surface area contributed by atoms with Gasteiger partial charge in [-0.05, 0) is 44.5 Å². The van der Waals surface area contributed by atoms with E-state index in [1.165, 1.54) is 12.0 Å². The van der Waals surface area contributed by atoms with E-state index < -0.39 is 0 Å². The van der Waals surface area contributed by atoms with Crippen molar-refractivity contribution in [1.82, 2.24) is 10.2 Å². The Kier molecular flexibility index (Phi) is 5.60. The monoisotopic (exact) mass is 319 g/mol. The molecule has 1 fully saturated rings. The lowest BCUT2D eigenvalue weighted by Crippen LogP contribution is -2.40. The molecule has 6 heteroatoms. The second-order valence-electron chi connectivity index (χ2n) is 6.18. The summed E-state index contributed by atoms with van der Waals surface area (Å²) in [7, 11) is 4.92. The summed E-state index contributed by atoms with van der Waals surface area (Å²) in [5.74, 6) is 0.392. The highest BCUT2D eigenvalue weighted by molar-refractivity contribution is 5.97. The molecule has 0 unspecified atom stereocenters. The van der Waals surface area contributed by atoms with Crippen LogP contribution in [-0.2, 0) is 4.79 Å². The third kappa shape index (κ3) is 4.22. The first kappa shape index (κ1) is 17.3. The lowest BCUT2D eigenvalue weighted by molar-refractivity contribution is -0.120. The summed E-state index contributed by atoms with van der Waals surface area (Å²) in [5.41, 5.74) is 1.12. The number of hydrogen-bond acceptors (Lipinski definition) is 4. The van der Waals surface area contributed by atoms with Crippen molar-refractivity contribution in [2.45, 2.75) is 25.8 Å². The van der Waals surface area contributed by atoms with Crippen LogP contribution in [0.1, 0.15) is 30.1 Å². The summed E-state index contributed by atoms with van der Waals surface area (Å²) < 4.78 is 5.33. The predicted molar refractivity (Wildman–Crippen MR) is 89.8 cm³/mol. The lowest BCUT2D eigenvalue weighted by atomic mass is 9.92. The quantitative estimate of drug-likeness (QED) is 0.886. The molecule has 0 spiro atoms. The highest BCUT2D eigenvalue weighted by atomic mass is 16.5. The first-order chi connectivity index (χ1) is 10.9. The number of carbonyl (C=O) groups excluding carboxylic acids is 2.